The van der Waals surface area contributed by atoms with E-state index in [2.05, 4.69) is 0 Å². The molecule has 0 bridgehead atoms. The maximum atomic E-state index is 11.5. The van der Waals surface area contributed by atoms with Crippen molar-refractivity contribution in [1.82, 2.24) is 9.80 Å². The molecule has 1 fully saturated rings. The second-order valence-corrected chi connectivity index (χ2v) is 4.47. The van der Waals surface area contributed by atoms with Crippen LogP contribution in [0.3, 0.4) is 0 Å². The fraction of sp³-hybridized carbons (Fsp3) is 0.333. The summed E-state index contributed by atoms with van der Waals surface area (Å²) < 4.78 is 0. The summed E-state index contributed by atoms with van der Waals surface area (Å²) in [6.45, 7) is 0.708. The van der Waals surface area contributed by atoms with Gasteiger partial charge in [0.15, 0.2) is 11.8 Å². The molecule has 0 N–H and O–H groups in total. The smallest absolute Gasteiger partial charge is 0.322 e. The zero-order valence-electron chi connectivity index (χ0n) is 8.05. The Labute approximate surface area is 101 Å². The molecule has 5 nitrogen and oxygen atoms in total. The van der Waals surface area contributed by atoms with E-state index < -0.39 is 11.4 Å². The number of hydrogen-bond donors (Lipinski definition) is 0. The maximum Gasteiger partial charge on any atom is 0.322 e. The van der Waals surface area contributed by atoms with Crippen molar-refractivity contribution in [2.75, 3.05) is 13.1 Å². The Kier molecular flexibility index (Phi) is 3.05. The summed E-state index contributed by atoms with van der Waals surface area (Å²) in [4.78, 5) is 35.9. The zero-order valence-corrected chi connectivity index (χ0v) is 9.62. The molecule has 0 aromatic rings. The number of thioether (sulfide) groups is 1. The number of carbonyl (C=O) groups is 2. The minimum Gasteiger partial charge on any atom is -0.332 e. The largest absolute Gasteiger partial charge is 0.332 e. The van der Waals surface area contributed by atoms with Gasteiger partial charge in [0.2, 0.25) is 5.12 Å². The lowest BCUT2D eigenvalue weighted by atomic mass is 10.3. The molecular formula is C9H7ClN2O3S. The van der Waals surface area contributed by atoms with Gasteiger partial charge in [0.25, 0.3) is 0 Å². The van der Waals surface area contributed by atoms with Gasteiger partial charge < -0.3 is 4.90 Å². The lowest BCUT2D eigenvalue weighted by Gasteiger charge is -2.22. The van der Waals surface area contributed by atoms with E-state index in [1.807, 2.05) is 0 Å². The highest BCUT2D eigenvalue weighted by Gasteiger charge is 2.37. The number of hydrogen-bond acceptors (Lipinski definition) is 5. The highest BCUT2D eigenvalue weighted by atomic mass is 35.5. The third kappa shape index (κ3) is 1.75. The van der Waals surface area contributed by atoms with Crippen LogP contribution in [0, 0.1) is 0 Å². The summed E-state index contributed by atoms with van der Waals surface area (Å²) in [7, 11) is 0. The van der Waals surface area contributed by atoms with Crippen LogP contribution in [0.2, 0.25) is 0 Å². The molecule has 7 heteroatoms. The van der Waals surface area contributed by atoms with Crippen LogP contribution in [0.4, 0.5) is 4.79 Å². The van der Waals surface area contributed by atoms with Crippen molar-refractivity contribution < 1.29 is 14.4 Å². The van der Waals surface area contributed by atoms with Gasteiger partial charge in [0, 0.05) is 13.1 Å². The van der Waals surface area contributed by atoms with Crippen molar-refractivity contribution in [3.05, 3.63) is 17.3 Å². The van der Waals surface area contributed by atoms with Gasteiger partial charge in [-0.3, -0.25) is 14.5 Å². The molecule has 16 heavy (non-hydrogen) atoms. The second-order valence-electron chi connectivity index (χ2n) is 3.23. The topological polar surface area (TPSA) is 57.7 Å². The summed E-state index contributed by atoms with van der Waals surface area (Å²) in [5.41, 5.74) is 0. The van der Waals surface area contributed by atoms with E-state index in [0.717, 1.165) is 16.7 Å². The quantitative estimate of drug-likeness (QED) is 0.395. The predicted molar refractivity (Wildman–Crippen MR) is 59.4 cm³/mol. The Morgan fingerprint density at radius 1 is 1.56 bits per heavy atom. The van der Waals surface area contributed by atoms with E-state index in [-0.39, 0.29) is 10.9 Å². The molecule has 1 amide bonds. The third-order valence-corrected chi connectivity index (χ3v) is 3.39. The van der Waals surface area contributed by atoms with Gasteiger partial charge in [0.05, 0.1) is 0 Å². The first-order valence-corrected chi connectivity index (χ1v) is 5.77. The van der Waals surface area contributed by atoms with Crippen LogP contribution >= 0.6 is 23.4 Å². The van der Waals surface area contributed by atoms with E-state index in [4.69, 9.17) is 11.6 Å². The van der Waals surface area contributed by atoms with E-state index in [0.29, 0.717) is 13.1 Å². The first-order valence-electron chi connectivity index (χ1n) is 4.51. The fourth-order valence-electron chi connectivity index (χ4n) is 1.69. The van der Waals surface area contributed by atoms with E-state index in [1.165, 1.54) is 4.90 Å². The SMILES string of the molecule is O=C=C1N(C(=O)Cl)CCN1C1C=CSC1=O. The molecule has 84 valence electrons. The average Bonchev–Trinajstić information content (AvgIpc) is 2.82. The molecule has 2 rings (SSSR count). The van der Waals surface area contributed by atoms with Crippen molar-refractivity contribution in [3.63, 3.8) is 0 Å². The predicted octanol–water partition coefficient (Wildman–Crippen LogP) is 0.792. The van der Waals surface area contributed by atoms with Gasteiger partial charge in [-0.25, -0.2) is 4.79 Å². The molecule has 0 aromatic heterocycles. The number of rotatable bonds is 1. The second kappa shape index (κ2) is 4.33. The van der Waals surface area contributed by atoms with Crippen LogP contribution in [0.1, 0.15) is 0 Å². The molecule has 0 saturated carbocycles. The molecule has 1 saturated heterocycles. The average molecular weight is 259 g/mol. The zero-order chi connectivity index (χ0) is 11.7. The van der Waals surface area contributed by atoms with E-state index in [9.17, 15) is 14.4 Å². The van der Waals surface area contributed by atoms with Crippen molar-refractivity contribution in [2.45, 2.75) is 6.04 Å². The Morgan fingerprint density at radius 2 is 2.31 bits per heavy atom. The Morgan fingerprint density at radius 3 is 2.81 bits per heavy atom. The maximum absolute atomic E-state index is 11.5. The van der Waals surface area contributed by atoms with Crippen LogP contribution < -0.4 is 0 Å². The van der Waals surface area contributed by atoms with Gasteiger partial charge in [-0.2, -0.15) is 0 Å². The fourth-order valence-corrected chi connectivity index (χ4v) is 2.56. The normalized spacial score (nSPS) is 24.2. The Balaban J connectivity index is 2.25. The molecule has 2 aliphatic heterocycles. The summed E-state index contributed by atoms with van der Waals surface area (Å²) in [5.74, 6) is 1.69. The molecule has 0 radical (unpaired) electrons. The molecule has 0 spiro atoms. The van der Waals surface area contributed by atoms with Crippen LogP contribution in [-0.4, -0.2) is 45.4 Å². The van der Waals surface area contributed by atoms with Crippen LogP contribution in [0.15, 0.2) is 17.3 Å². The highest BCUT2D eigenvalue weighted by Crippen LogP contribution is 2.28. The van der Waals surface area contributed by atoms with Gasteiger partial charge in [-0.1, -0.05) is 11.8 Å². The van der Waals surface area contributed by atoms with E-state index >= 15 is 0 Å². The first-order chi connectivity index (χ1) is 7.65. The molecule has 0 aliphatic carbocycles. The lowest BCUT2D eigenvalue weighted by Crippen LogP contribution is -2.35. The van der Waals surface area contributed by atoms with E-state index in [1.54, 1.807) is 17.4 Å². The van der Waals surface area contributed by atoms with Crippen molar-refractivity contribution in [1.29, 1.82) is 0 Å². The van der Waals surface area contributed by atoms with Crippen molar-refractivity contribution in [2.24, 2.45) is 0 Å². The molecular weight excluding hydrogens is 252 g/mol. The molecule has 2 heterocycles. The molecule has 0 aromatic carbocycles. The third-order valence-electron chi connectivity index (χ3n) is 2.42. The monoisotopic (exact) mass is 258 g/mol. The molecule has 1 unspecified atom stereocenters. The van der Waals surface area contributed by atoms with Crippen LogP contribution in [0.25, 0.3) is 0 Å². The van der Waals surface area contributed by atoms with Gasteiger partial charge >= 0.3 is 5.37 Å². The number of amides is 1. The van der Waals surface area contributed by atoms with Crippen LogP contribution in [0.5, 0.6) is 0 Å². The van der Waals surface area contributed by atoms with Crippen molar-refractivity contribution in [3.8, 4) is 0 Å². The Bertz CT molecular complexity index is 430. The standard InChI is InChI=1S/C9H7ClN2O3S/c10-9(15)12-3-2-11(7(12)5-13)6-1-4-16-8(6)14/h1,4,6H,2-3H2. The highest BCUT2D eigenvalue weighted by molar-refractivity contribution is 8.16. The number of halogens is 1. The molecule has 2 aliphatic rings. The van der Waals surface area contributed by atoms with Gasteiger partial charge in [-0.05, 0) is 23.1 Å². The first kappa shape index (κ1) is 11.3. The molecule has 1 atom stereocenters. The van der Waals surface area contributed by atoms with Crippen LogP contribution in [-0.2, 0) is 9.59 Å². The Hall–Kier alpha value is -1.23. The lowest BCUT2D eigenvalue weighted by molar-refractivity contribution is -0.113. The summed E-state index contributed by atoms with van der Waals surface area (Å²) in [5, 5.41) is 0.861. The summed E-state index contributed by atoms with van der Waals surface area (Å²) >= 11 is 6.39. The minimum atomic E-state index is -0.733. The minimum absolute atomic E-state index is 0.0329. The summed E-state index contributed by atoms with van der Waals surface area (Å²) in [6, 6.07) is -0.498. The number of nitrogens with zero attached hydrogens (tertiary/aromatic N) is 2. The van der Waals surface area contributed by atoms with Gasteiger partial charge in [0.1, 0.15) is 6.04 Å². The summed E-state index contributed by atoms with van der Waals surface area (Å²) in [6.07, 6.45) is 1.69. The van der Waals surface area contributed by atoms with Gasteiger partial charge in [-0.15, -0.1) is 0 Å². The number of carbonyl (C=O) groups excluding carboxylic acids is 3. The van der Waals surface area contributed by atoms with Crippen molar-refractivity contribution >= 4 is 39.8 Å².